The van der Waals surface area contributed by atoms with E-state index in [1.807, 2.05) is 25.1 Å². The van der Waals surface area contributed by atoms with Crippen molar-refractivity contribution in [2.24, 2.45) is 0 Å². The zero-order chi connectivity index (χ0) is 18.5. The van der Waals surface area contributed by atoms with Crippen molar-refractivity contribution >= 4 is 45.0 Å². The monoisotopic (exact) mass is 413 g/mol. The van der Waals surface area contributed by atoms with Gasteiger partial charge >= 0.3 is 0 Å². The number of nitrogen functional groups attached to an aromatic ring is 1. The summed E-state index contributed by atoms with van der Waals surface area (Å²) in [5.41, 5.74) is 13.1. The van der Waals surface area contributed by atoms with Crippen molar-refractivity contribution in [1.29, 1.82) is 0 Å². The van der Waals surface area contributed by atoms with E-state index in [2.05, 4.69) is 47.1 Å². The van der Waals surface area contributed by atoms with Crippen molar-refractivity contribution < 1.29 is 4.79 Å². The van der Waals surface area contributed by atoms with Crippen LogP contribution < -0.4 is 21.9 Å². The van der Waals surface area contributed by atoms with E-state index in [-0.39, 0.29) is 17.4 Å². The number of hydrogen-bond acceptors (Lipinski definition) is 7. The van der Waals surface area contributed by atoms with E-state index in [1.54, 1.807) is 24.4 Å². The second-order valence-corrected chi connectivity index (χ2v) is 6.24. The van der Waals surface area contributed by atoms with Crippen molar-refractivity contribution in [3.05, 3.63) is 64.5 Å². The zero-order valence-corrected chi connectivity index (χ0v) is 15.4. The van der Waals surface area contributed by atoms with E-state index in [0.717, 1.165) is 5.56 Å². The Morgan fingerprint density at radius 3 is 2.58 bits per heavy atom. The third-order valence-electron chi connectivity index (χ3n) is 3.45. The molecule has 3 aromatic rings. The van der Waals surface area contributed by atoms with Crippen LogP contribution in [0.15, 0.2) is 53.4 Å². The molecule has 0 aliphatic heterocycles. The van der Waals surface area contributed by atoms with Crippen LogP contribution in [0.4, 0.5) is 23.1 Å². The Labute approximate surface area is 158 Å². The summed E-state index contributed by atoms with van der Waals surface area (Å²) in [4.78, 5) is 24.6. The Bertz CT molecular complexity index is 931. The first-order chi connectivity index (χ1) is 12.5. The van der Waals surface area contributed by atoms with Crippen molar-refractivity contribution in [2.75, 3.05) is 16.5 Å². The Morgan fingerprint density at radius 1 is 1.08 bits per heavy atom. The summed E-state index contributed by atoms with van der Waals surface area (Å²) in [5.74, 6) is 0.929. The molecule has 0 bridgehead atoms. The summed E-state index contributed by atoms with van der Waals surface area (Å²) >= 11 is 3.34. The molecule has 0 spiro atoms. The number of nitrogens with zero attached hydrogens (tertiary/aromatic N) is 3. The zero-order valence-electron chi connectivity index (χ0n) is 13.8. The second-order valence-electron chi connectivity index (χ2n) is 5.39. The fourth-order valence-corrected chi connectivity index (χ4v) is 2.55. The molecule has 8 nitrogen and oxygen atoms in total. The Morgan fingerprint density at radius 2 is 1.85 bits per heavy atom. The number of pyridine rings is 1. The first kappa shape index (κ1) is 17.6. The summed E-state index contributed by atoms with van der Waals surface area (Å²) in [6, 6.07) is 10.8. The molecule has 1 amide bonds. The number of anilines is 4. The molecule has 2 aromatic heterocycles. The van der Waals surface area contributed by atoms with Gasteiger partial charge in [0.1, 0.15) is 17.8 Å². The van der Waals surface area contributed by atoms with Gasteiger partial charge in [-0.05, 0) is 46.6 Å². The van der Waals surface area contributed by atoms with Crippen LogP contribution in [0.2, 0.25) is 0 Å². The normalized spacial score (nSPS) is 10.2. The van der Waals surface area contributed by atoms with Gasteiger partial charge in [-0.25, -0.2) is 15.0 Å². The topological polar surface area (TPSA) is 118 Å². The average Bonchev–Trinajstić information content (AvgIpc) is 2.64. The molecule has 26 heavy (non-hydrogen) atoms. The van der Waals surface area contributed by atoms with Crippen LogP contribution in [0, 0.1) is 6.92 Å². The highest BCUT2D eigenvalue weighted by Crippen LogP contribution is 2.24. The molecular formula is C17H16BrN7O. The van der Waals surface area contributed by atoms with Gasteiger partial charge in [-0.1, -0.05) is 18.2 Å². The van der Waals surface area contributed by atoms with Crippen molar-refractivity contribution in [3.63, 3.8) is 0 Å². The van der Waals surface area contributed by atoms with Crippen molar-refractivity contribution in [1.82, 2.24) is 20.4 Å². The van der Waals surface area contributed by atoms with E-state index in [0.29, 0.717) is 21.7 Å². The largest absolute Gasteiger partial charge is 0.393 e. The van der Waals surface area contributed by atoms with Gasteiger partial charge in [0.25, 0.3) is 5.91 Å². The fourth-order valence-electron chi connectivity index (χ4n) is 2.09. The maximum atomic E-state index is 12.2. The molecule has 9 heteroatoms. The third-order valence-corrected chi connectivity index (χ3v) is 4.15. The van der Waals surface area contributed by atoms with E-state index in [1.165, 1.54) is 6.33 Å². The Hall–Kier alpha value is -3.20. The Kier molecular flexibility index (Phi) is 5.28. The smallest absolute Gasteiger partial charge is 0.270 e. The predicted octanol–water partition coefficient (Wildman–Crippen LogP) is 3.03. The minimum Gasteiger partial charge on any atom is -0.393 e. The van der Waals surface area contributed by atoms with Crippen molar-refractivity contribution in [3.8, 4) is 0 Å². The van der Waals surface area contributed by atoms with E-state index >= 15 is 0 Å². The standard InChI is InChI=1S/C17H16BrN7O/c1-10-6-7-13(20-8-10)23-15-14(19)16(22-9-21-15)24-25-17(26)11-4-2-3-5-12(11)18/h2-9H,19H2,1H3,(H,25,26)(H2,20,21,22,23,24). The summed E-state index contributed by atoms with van der Waals surface area (Å²) in [5, 5.41) is 3.02. The van der Waals surface area contributed by atoms with Gasteiger partial charge in [0.05, 0.1) is 5.56 Å². The number of aromatic nitrogens is 3. The molecular weight excluding hydrogens is 398 g/mol. The number of carbonyl (C=O) groups excluding carboxylic acids is 1. The Balaban J connectivity index is 1.72. The summed E-state index contributed by atoms with van der Waals surface area (Å²) in [7, 11) is 0. The maximum Gasteiger partial charge on any atom is 0.270 e. The summed E-state index contributed by atoms with van der Waals surface area (Å²) < 4.78 is 0.683. The van der Waals surface area contributed by atoms with Crippen LogP contribution in [0.5, 0.6) is 0 Å². The second kappa shape index (κ2) is 7.79. The highest BCUT2D eigenvalue weighted by Gasteiger charge is 2.12. The predicted molar refractivity (Wildman–Crippen MR) is 104 cm³/mol. The fraction of sp³-hybridized carbons (Fsp3) is 0.0588. The number of amides is 1. The molecule has 5 N–H and O–H groups in total. The van der Waals surface area contributed by atoms with Gasteiger partial charge in [-0.2, -0.15) is 0 Å². The first-order valence-corrected chi connectivity index (χ1v) is 8.45. The molecule has 132 valence electrons. The molecule has 0 aliphatic carbocycles. The number of hydrazine groups is 1. The highest BCUT2D eigenvalue weighted by molar-refractivity contribution is 9.10. The van der Waals surface area contributed by atoms with Gasteiger partial charge < -0.3 is 11.1 Å². The van der Waals surface area contributed by atoms with Gasteiger partial charge in [0.15, 0.2) is 11.6 Å². The first-order valence-electron chi connectivity index (χ1n) is 7.65. The van der Waals surface area contributed by atoms with Crippen LogP contribution in [-0.2, 0) is 0 Å². The van der Waals surface area contributed by atoms with E-state index < -0.39 is 0 Å². The van der Waals surface area contributed by atoms with Crippen LogP contribution in [0.3, 0.4) is 0 Å². The molecule has 0 fully saturated rings. The molecule has 0 atom stereocenters. The van der Waals surface area contributed by atoms with Crippen LogP contribution >= 0.6 is 15.9 Å². The van der Waals surface area contributed by atoms with Crippen LogP contribution in [-0.4, -0.2) is 20.9 Å². The number of rotatable bonds is 5. The SMILES string of the molecule is Cc1ccc(Nc2ncnc(NNC(=O)c3ccccc3Br)c2N)nc1. The lowest BCUT2D eigenvalue weighted by molar-refractivity contribution is 0.0962. The van der Waals surface area contributed by atoms with Gasteiger partial charge in [0.2, 0.25) is 0 Å². The number of nitrogens with two attached hydrogens (primary N) is 1. The van der Waals surface area contributed by atoms with Gasteiger partial charge in [0, 0.05) is 10.7 Å². The minimum atomic E-state index is -0.329. The van der Waals surface area contributed by atoms with Gasteiger partial charge in [-0.3, -0.25) is 15.6 Å². The number of nitrogens with one attached hydrogen (secondary N) is 3. The molecule has 3 rings (SSSR count). The number of carbonyl (C=O) groups is 1. The maximum absolute atomic E-state index is 12.2. The lowest BCUT2D eigenvalue weighted by Gasteiger charge is -2.13. The molecule has 2 heterocycles. The molecule has 0 unspecified atom stereocenters. The summed E-state index contributed by atoms with van der Waals surface area (Å²) in [6.45, 7) is 1.95. The van der Waals surface area contributed by atoms with E-state index in [9.17, 15) is 4.79 Å². The average molecular weight is 414 g/mol. The summed E-state index contributed by atoms with van der Waals surface area (Å²) in [6.07, 6.45) is 3.07. The molecule has 0 radical (unpaired) electrons. The molecule has 0 saturated heterocycles. The number of aryl methyl sites for hydroxylation is 1. The van der Waals surface area contributed by atoms with Crippen LogP contribution in [0.1, 0.15) is 15.9 Å². The quantitative estimate of drug-likeness (QED) is 0.474. The van der Waals surface area contributed by atoms with Crippen molar-refractivity contribution in [2.45, 2.75) is 6.92 Å². The third kappa shape index (κ3) is 4.06. The molecule has 1 aromatic carbocycles. The molecule has 0 saturated carbocycles. The number of halogens is 1. The number of hydrogen-bond donors (Lipinski definition) is 4. The van der Waals surface area contributed by atoms with Crippen LogP contribution in [0.25, 0.3) is 0 Å². The lowest BCUT2D eigenvalue weighted by atomic mass is 10.2. The van der Waals surface area contributed by atoms with E-state index in [4.69, 9.17) is 5.73 Å². The minimum absolute atomic E-state index is 0.252. The number of benzene rings is 1. The van der Waals surface area contributed by atoms with Gasteiger partial charge in [-0.15, -0.1) is 0 Å². The molecule has 0 aliphatic rings. The lowest BCUT2D eigenvalue weighted by Crippen LogP contribution is -2.30. The highest BCUT2D eigenvalue weighted by atomic mass is 79.9.